The van der Waals surface area contributed by atoms with Crippen molar-refractivity contribution >= 4 is 5.78 Å². The van der Waals surface area contributed by atoms with Gasteiger partial charge in [-0.3, -0.25) is 4.79 Å². The van der Waals surface area contributed by atoms with E-state index in [0.29, 0.717) is 5.56 Å². The molecule has 1 aliphatic rings. The lowest BCUT2D eigenvalue weighted by Gasteiger charge is -2.24. The van der Waals surface area contributed by atoms with Gasteiger partial charge in [0.25, 0.3) is 0 Å². The quantitative estimate of drug-likeness (QED) is 0.695. The molecule has 15 heavy (non-hydrogen) atoms. The molecule has 80 valence electrons. The van der Waals surface area contributed by atoms with Crippen molar-refractivity contribution in [2.24, 2.45) is 11.8 Å². The van der Waals surface area contributed by atoms with Crippen LogP contribution in [0.2, 0.25) is 0 Å². The molecular weight excluding hydrogens is 188 g/mol. The van der Waals surface area contributed by atoms with Crippen molar-refractivity contribution in [2.45, 2.75) is 32.6 Å². The fraction of sp³-hybridized carbons (Fsp3) is 0.583. The van der Waals surface area contributed by atoms with Crippen LogP contribution in [0, 0.1) is 11.8 Å². The van der Waals surface area contributed by atoms with Crippen LogP contribution in [-0.2, 0) is 0 Å². The highest BCUT2D eigenvalue weighted by molar-refractivity contribution is 5.97. The zero-order valence-corrected chi connectivity index (χ0v) is 9.02. The third kappa shape index (κ3) is 2.41. The molecule has 1 aromatic rings. The number of aromatic nitrogens is 2. The molecule has 0 amide bonds. The Morgan fingerprint density at radius 3 is 2.60 bits per heavy atom. The van der Waals surface area contributed by atoms with Gasteiger partial charge in [-0.05, 0) is 24.8 Å². The molecule has 0 bridgehead atoms. The van der Waals surface area contributed by atoms with Crippen LogP contribution >= 0.6 is 0 Å². The van der Waals surface area contributed by atoms with Gasteiger partial charge in [0.05, 0.1) is 12.4 Å². The maximum atomic E-state index is 12.0. The highest BCUT2D eigenvalue weighted by Crippen LogP contribution is 2.30. The largest absolute Gasteiger partial charge is 0.294 e. The summed E-state index contributed by atoms with van der Waals surface area (Å²) in [5, 5.41) is 7.43. The van der Waals surface area contributed by atoms with Gasteiger partial charge in [-0.2, -0.15) is 10.2 Å². The number of carbonyl (C=O) groups excluding carboxylic acids is 1. The van der Waals surface area contributed by atoms with Gasteiger partial charge in [-0.1, -0.05) is 19.8 Å². The Bertz CT molecular complexity index is 329. The van der Waals surface area contributed by atoms with E-state index < -0.39 is 0 Å². The van der Waals surface area contributed by atoms with Crippen molar-refractivity contribution in [3.05, 3.63) is 24.0 Å². The van der Waals surface area contributed by atoms with Gasteiger partial charge in [0.2, 0.25) is 0 Å². The van der Waals surface area contributed by atoms with Gasteiger partial charge < -0.3 is 0 Å². The Morgan fingerprint density at radius 1 is 1.27 bits per heavy atom. The summed E-state index contributed by atoms with van der Waals surface area (Å²) in [5.41, 5.74) is 0.713. The second-order valence-electron chi connectivity index (χ2n) is 4.45. The molecule has 0 atom stereocenters. The van der Waals surface area contributed by atoms with Crippen LogP contribution in [0.3, 0.4) is 0 Å². The number of rotatable bonds is 2. The molecule has 0 radical (unpaired) electrons. The Labute approximate surface area is 89.9 Å². The van der Waals surface area contributed by atoms with Crippen LogP contribution in [0.15, 0.2) is 18.5 Å². The molecule has 0 aliphatic heterocycles. The predicted molar refractivity (Wildman–Crippen MR) is 57.5 cm³/mol. The number of hydrogen-bond donors (Lipinski definition) is 0. The minimum Gasteiger partial charge on any atom is -0.294 e. The van der Waals surface area contributed by atoms with Crippen molar-refractivity contribution in [3.8, 4) is 0 Å². The van der Waals surface area contributed by atoms with Crippen LogP contribution in [-0.4, -0.2) is 16.0 Å². The number of hydrogen-bond acceptors (Lipinski definition) is 3. The zero-order valence-electron chi connectivity index (χ0n) is 9.02. The Morgan fingerprint density at radius 2 is 2.00 bits per heavy atom. The smallest absolute Gasteiger partial charge is 0.167 e. The number of Topliss-reactive ketones (excluding diaryl/α,β-unsaturated/α-hetero) is 1. The highest BCUT2D eigenvalue weighted by atomic mass is 16.1. The number of carbonyl (C=O) groups is 1. The summed E-state index contributed by atoms with van der Waals surface area (Å²) in [7, 11) is 0. The summed E-state index contributed by atoms with van der Waals surface area (Å²) in [6, 6.07) is 1.76. The molecule has 1 heterocycles. The first-order valence-corrected chi connectivity index (χ1v) is 5.58. The van der Waals surface area contributed by atoms with Crippen LogP contribution in [0.5, 0.6) is 0 Å². The minimum absolute atomic E-state index is 0.213. The van der Waals surface area contributed by atoms with Crippen molar-refractivity contribution in [3.63, 3.8) is 0 Å². The third-order valence-corrected chi connectivity index (χ3v) is 3.26. The first-order chi connectivity index (χ1) is 7.27. The summed E-state index contributed by atoms with van der Waals surface area (Å²) in [4.78, 5) is 12.0. The fourth-order valence-corrected chi connectivity index (χ4v) is 2.19. The van der Waals surface area contributed by atoms with Gasteiger partial charge in [0.1, 0.15) is 0 Å². The summed E-state index contributed by atoms with van der Waals surface area (Å²) in [6.07, 6.45) is 7.56. The molecule has 3 heteroatoms. The fourth-order valence-electron chi connectivity index (χ4n) is 2.19. The topological polar surface area (TPSA) is 42.9 Å². The normalized spacial score (nSPS) is 26.2. The second-order valence-corrected chi connectivity index (χ2v) is 4.45. The number of ketones is 1. The van der Waals surface area contributed by atoms with Crippen molar-refractivity contribution in [1.29, 1.82) is 0 Å². The molecule has 1 fully saturated rings. The maximum absolute atomic E-state index is 12.0. The van der Waals surface area contributed by atoms with Crippen LogP contribution in [0.25, 0.3) is 0 Å². The van der Waals surface area contributed by atoms with E-state index in [1.807, 2.05) is 0 Å². The van der Waals surface area contributed by atoms with Gasteiger partial charge in [-0.25, -0.2) is 0 Å². The Kier molecular flexibility index (Phi) is 3.09. The van der Waals surface area contributed by atoms with Crippen LogP contribution in [0.4, 0.5) is 0 Å². The molecule has 3 nitrogen and oxygen atoms in total. The summed E-state index contributed by atoms with van der Waals surface area (Å²) < 4.78 is 0. The molecule has 0 saturated heterocycles. The summed E-state index contributed by atoms with van der Waals surface area (Å²) >= 11 is 0. The van der Waals surface area contributed by atoms with E-state index in [9.17, 15) is 4.79 Å². The van der Waals surface area contributed by atoms with E-state index in [2.05, 4.69) is 17.1 Å². The van der Waals surface area contributed by atoms with E-state index in [1.165, 1.54) is 12.8 Å². The van der Waals surface area contributed by atoms with Crippen LogP contribution < -0.4 is 0 Å². The lowest BCUT2D eigenvalue weighted by molar-refractivity contribution is 0.0875. The minimum atomic E-state index is 0.213. The molecule has 0 spiro atoms. The van der Waals surface area contributed by atoms with E-state index >= 15 is 0 Å². The average molecular weight is 204 g/mol. The van der Waals surface area contributed by atoms with Gasteiger partial charge in [0, 0.05) is 11.5 Å². The lowest BCUT2D eigenvalue weighted by atomic mass is 9.80. The Hall–Kier alpha value is -1.25. The van der Waals surface area contributed by atoms with Crippen LogP contribution in [0.1, 0.15) is 43.0 Å². The number of nitrogens with zero attached hydrogens (tertiary/aromatic N) is 2. The van der Waals surface area contributed by atoms with Gasteiger partial charge in [-0.15, -0.1) is 0 Å². The van der Waals surface area contributed by atoms with E-state index in [-0.39, 0.29) is 11.7 Å². The van der Waals surface area contributed by atoms with Gasteiger partial charge >= 0.3 is 0 Å². The molecular formula is C12H16N2O. The summed E-state index contributed by atoms with van der Waals surface area (Å²) in [6.45, 7) is 2.26. The first-order valence-electron chi connectivity index (χ1n) is 5.58. The molecule has 2 rings (SSSR count). The first kappa shape index (κ1) is 10.3. The average Bonchev–Trinajstić information content (AvgIpc) is 2.30. The molecule has 1 aromatic heterocycles. The van der Waals surface area contributed by atoms with Crippen molar-refractivity contribution in [2.75, 3.05) is 0 Å². The maximum Gasteiger partial charge on any atom is 0.167 e. The van der Waals surface area contributed by atoms with E-state index in [1.54, 1.807) is 18.5 Å². The SMILES string of the molecule is CC1CCC(C(=O)c2ccnnc2)CC1. The highest BCUT2D eigenvalue weighted by Gasteiger charge is 2.25. The van der Waals surface area contributed by atoms with Crippen molar-refractivity contribution in [1.82, 2.24) is 10.2 Å². The molecule has 1 aliphatic carbocycles. The van der Waals surface area contributed by atoms with Gasteiger partial charge in [0.15, 0.2) is 5.78 Å². The lowest BCUT2D eigenvalue weighted by Crippen LogP contribution is -2.21. The standard InChI is InChI=1S/C12H16N2O/c1-9-2-4-10(5-3-9)12(15)11-6-7-13-14-8-11/h6-10H,2-5H2,1H3. The molecule has 0 unspecified atom stereocenters. The monoisotopic (exact) mass is 204 g/mol. The molecule has 0 aromatic carbocycles. The zero-order chi connectivity index (χ0) is 10.7. The van der Waals surface area contributed by atoms with E-state index in [4.69, 9.17) is 0 Å². The van der Waals surface area contributed by atoms with E-state index in [0.717, 1.165) is 18.8 Å². The second kappa shape index (κ2) is 4.51. The Balaban J connectivity index is 2.03. The molecule has 1 saturated carbocycles. The molecule has 0 N–H and O–H groups in total. The van der Waals surface area contributed by atoms with Crippen molar-refractivity contribution < 1.29 is 4.79 Å². The summed E-state index contributed by atoms with van der Waals surface area (Å²) in [5.74, 6) is 1.24. The third-order valence-electron chi connectivity index (χ3n) is 3.26. The predicted octanol–water partition coefficient (Wildman–Crippen LogP) is 2.49.